The molecule has 0 aliphatic heterocycles. The number of pyridine rings is 1. The van der Waals surface area contributed by atoms with Gasteiger partial charge >= 0.3 is 35.9 Å². The molecule has 0 unspecified atom stereocenters. The number of rotatable bonds is 28. The summed E-state index contributed by atoms with van der Waals surface area (Å²) in [6.45, 7) is 4.63. The van der Waals surface area contributed by atoms with Crippen LogP contribution in [0.2, 0.25) is 10.0 Å². The highest BCUT2D eigenvalue weighted by atomic mass is 35.5. The Bertz CT molecular complexity index is 2260. The number of esters is 5. The van der Waals surface area contributed by atoms with Crippen LogP contribution in [0.5, 0.6) is 5.75 Å². The Hall–Kier alpha value is -5.53. The zero-order valence-electron chi connectivity index (χ0n) is 39.5. The van der Waals surface area contributed by atoms with Crippen LogP contribution in [0.4, 0.5) is 4.79 Å². The molecule has 20 heteroatoms. The zero-order chi connectivity index (χ0) is 50.1. The third-order valence-corrected chi connectivity index (χ3v) is 11.8. The van der Waals surface area contributed by atoms with Gasteiger partial charge in [-0.15, -0.1) is 0 Å². The molecule has 2 fully saturated rings. The second-order valence-corrected chi connectivity index (χ2v) is 17.6. The van der Waals surface area contributed by atoms with Crippen molar-refractivity contribution in [2.24, 2.45) is 0 Å². The van der Waals surface area contributed by atoms with Gasteiger partial charge in [-0.3, -0.25) is 29.0 Å². The third kappa shape index (κ3) is 17.1. The average molecular weight is 1000 g/mol. The number of hydrogen-bond acceptors (Lipinski definition) is 16. The van der Waals surface area contributed by atoms with E-state index in [-0.39, 0.29) is 45.6 Å². The molecule has 0 spiro atoms. The number of benzene rings is 2. The minimum absolute atomic E-state index is 0.0402. The van der Waals surface area contributed by atoms with E-state index in [1.165, 1.54) is 4.90 Å². The molecule has 2 aliphatic carbocycles. The van der Waals surface area contributed by atoms with Crippen molar-refractivity contribution in [3.05, 3.63) is 81.6 Å². The summed E-state index contributed by atoms with van der Waals surface area (Å²) in [7, 11) is 0. The first-order valence-electron chi connectivity index (χ1n) is 22.8. The smallest absolute Gasteiger partial charge is 0.317 e. The number of para-hydroxylation sites is 1. The molecule has 1 heterocycles. The molecule has 3 aromatic rings. The number of aromatic nitrogens is 1. The lowest BCUT2D eigenvalue weighted by molar-refractivity contribution is -0.202. The van der Waals surface area contributed by atoms with E-state index in [1.807, 2.05) is 42.6 Å². The molecule has 2 saturated carbocycles. The number of aryl methyl sites for hydroxylation is 1. The molecule has 2 amide bonds. The van der Waals surface area contributed by atoms with Gasteiger partial charge in [-0.1, -0.05) is 41.4 Å². The average Bonchev–Trinajstić information content (AvgIpc) is 4.25. The number of aliphatic hydroxyl groups is 1. The number of urea groups is 1. The van der Waals surface area contributed by atoms with Gasteiger partial charge in [-0.2, -0.15) is 0 Å². The van der Waals surface area contributed by atoms with Crippen molar-refractivity contribution in [3.8, 4) is 16.9 Å². The van der Waals surface area contributed by atoms with Gasteiger partial charge in [-0.05, 0) is 85.9 Å². The molecule has 2 N–H and O–H groups in total. The van der Waals surface area contributed by atoms with Crippen molar-refractivity contribution in [2.45, 2.75) is 122 Å². The predicted molar refractivity (Wildman–Crippen MR) is 250 cm³/mol. The van der Waals surface area contributed by atoms with E-state index in [0.717, 1.165) is 93.9 Å². The second kappa shape index (κ2) is 26.4. The highest BCUT2D eigenvalue weighted by molar-refractivity contribution is 6.34. The van der Waals surface area contributed by atoms with Gasteiger partial charge < -0.3 is 53.2 Å². The molecule has 2 aliphatic rings. The Morgan fingerprint density at radius 3 is 2.06 bits per heavy atom. The first-order valence-corrected chi connectivity index (χ1v) is 23.6. The van der Waals surface area contributed by atoms with E-state index >= 15 is 0 Å². The van der Waals surface area contributed by atoms with Crippen LogP contribution >= 0.6 is 23.2 Å². The fourth-order valence-electron chi connectivity index (χ4n) is 7.62. The van der Waals surface area contributed by atoms with Gasteiger partial charge in [0.2, 0.25) is 0 Å². The Morgan fingerprint density at radius 2 is 1.42 bits per heavy atom. The predicted octanol–water partition coefficient (Wildman–Crippen LogP) is 6.44. The van der Waals surface area contributed by atoms with Crippen LogP contribution in [0.3, 0.4) is 0 Å². The summed E-state index contributed by atoms with van der Waals surface area (Å²) in [4.78, 5) is 80.7. The van der Waals surface area contributed by atoms with Crippen molar-refractivity contribution in [1.82, 2.24) is 15.2 Å². The molecular weight excluding hydrogens is 941 g/mol. The first kappa shape index (κ1) is 54.4. The standard InChI is InChI=1S/C49H61Cl2N3O15/c1-30(56)63-29-45(66-32(3)58)47(68-34(5)60)46(67-33(4)59)44(65-31(2)57)27-53-48(61)54(20-22-62-23-21-55)19-9-8-10-35-24-42(51)36(25-41(35)50)28-64-49(16-17-49)40-26-52-18-15-38(40)39-11-6-7-12-43(39)69-37-13-14-37/h6-7,11-12,15,18,24-26,37,44-47,55H,8-10,13-14,16-17,19-23,27-29H2,1-5H3,(H,53,61)/t44-,45+,46+,47+/m0/s1. The highest BCUT2D eigenvalue weighted by Crippen LogP contribution is 2.53. The molecule has 4 atom stereocenters. The largest absolute Gasteiger partial charge is 0.490 e. The third-order valence-electron chi connectivity index (χ3n) is 11.1. The van der Waals surface area contributed by atoms with Crippen molar-refractivity contribution in [3.63, 3.8) is 0 Å². The molecule has 0 bridgehead atoms. The van der Waals surface area contributed by atoms with Gasteiger partial charge in [0.1, 0.15) is 12.4 Å². The lowest BCUT2D eigenvalue weighted by Gasteiger charge is -2.35. The number of halogens is 2. The Morgan fingerprint density at radius 1 is 0.783 bits per heavy atom. The zero-order valence-corrected chi connectivity index (χ0v) is 41.0. The normalized spacial score (nSPS) is 15.4. The molecular formula is C49H61Cl2N3O15. The monoisotopic (exact) mass is 1000 g/mol. The van der Waals surface area contributed by atoms with Crippen molar-refractivity contribution >= 4 is 59.1 Å². The van der Waals surface area contributed by atoms with Crippen LogP contribution in [0.1, 0.15) is 89.8 Å². The lowest BCUT2D eigenvalue weighted by Crippen LogP contribution is -2.56. The van der Waals surface area contributed by atoms with Gasteiger partial charge in [0.05, 0.1) is 44.7 Å². The number of hydrogen-bond donors (Lipinski definition) is 2. The number of nitrogens with one attached hydrogen (secondary N) is 1. The van der Waals surface area contributed by atoms with E-state index in [1.54, 1.807) is 6.20 Å². The number of ether oxygens (including phenoxy) is 8. The molecule has 5 rings (SSSR count). The number of unbranched alkanes of at least 4 members (excludes halogenated alkanes) is 1. The second-order valence-electron chi connectivity index (χ2n) is 16.8. The number of aliphatic hydroxyl groups excluding tert-OH is 1. The maximum Gasteiger partial charge on any atom is 0.317 e. The molecule has 1 aromatic heterocycles. The summed E-state index contributed by atoms with van der Waals surface area (Å²) in [6.07, 6.45) is 2.85. The molecule has 0 radical (unpaired) electrons. The maximum absolute atomic E-state index is 13.8. The van der Waals surface area contributed by atoms with Crippen molar-refractivity contribution < 1.29 is 71.8 Å². The minimum Gasteiger partial charge on any atom is -0.490 e. The highest BCUT2D eigenvalue weighted by Gasteiger charge is 2.48. The summed E-state index contributed by atoms with van der Waals surface area (Å²) >= 11 is 13.7. The van der Waals surface area contributed by atoms with Crippen LogP contribution in [0, 0.1) is 0 Å². The maximum atomic E-state index is 13.8. The van der Waals surface area contributed by atoms with Gasteiger partial charge in [0, 0.05) is 81.3 Å². The molecule has 18 nitrogen and oxygen atoms in total. The van der Waals surface area contributed by atoms with Crippen LogP contribution in [-0.2, 0) is 75.8 Å². The summed E-state index contributed by atoms with van der Waals surface area (Å²) < 4.78 is 45.1. The van der Waals surface area contributed by atoms with Crippen LogP contribution in [0.15, 0.2) is 54.9 Å². The summed E-state index contributed by atoms with van der Waals surface area (Å²) in [5, 5.41) is 12.9. The topological polar surface area (TPSA) is 225 Å². The quantitative estimate of drug-likeness (QED) is 0.0454. The van der Waals surface area contributed by atoms with Gasteiger partial charge in [-0.25, -0.2) is 4.79 Å². The van der Waals surface area contributed by atoms with Gasteiger partial charge in [0.25, 0.3) is 0 Å². The summed E-state index contributed by atoms with van der Waals surface area (Å²) in [6, 6.07) is 13.0. The number of carbonyl (C=O) groups is 6. The first-order chi connectivity index (χ1) is 33.0. The van der Waals surface area contributed by atoms with Crippen LogP contribution in [0.25, 0.3) is 11.1 Å². The van der Waals surface area contributed by atoms with E-state index in [2.05, 4.69) is 16.4 Å². The van der Waals surface area contributed by atoms with Crippen LogP contribution < -0.4 is 10.1 Å². The number of nitrogens with zero attached hydrogens (tertiary/aromatic N) is 2. The van der Waals surface area contributed by atoms with E-state index in [4.69, 9.17) is 61.1 Å². The van der Waals surface area contributed by atoms with E-state index in [0.29, 0.717) is 29.3 Å². The number of carbonyl (C=O) groups excluding carboxylic acids is 6. The summed E-state index contributed by atoms with van der Waals surface area (Å²) in [5.41, 5.74) is 4.00. The number of amides is 2. The van der Waals surface area contributed by atoms with E-state index < -0.39 is 79.0 Å². The fraction of sp³-hybridized carbons (Fsp3) is 0.531. The minimum atomic E-state index is -1.67. The fourth-order valence-corrected chi connectivity index (χ4v) is 8.14. The van der Waals surface area contributed by atoms with Crippen LogP contribution in [-0.4, -0.2) is 127 Å². The Balaban J connectivity index is 1.23. The molecule has 2 aromatic carbocycles. The van der Waals surface area contributed by atoms with Gasteiger partial charge in [0.15, 0.2) is 24.4 Å². The summed E-state index contributed by atoms with van der Waals surface area (Å²) in [5.74, 6) is -3.43. The lowest BCUT2D eigenvalue weighted by atomic mass is 9.96. The molecule has 0 saturated heterocycles. The van der Waals surface area contributed by atoms with E-state index in [9.17, 15) is 33.9 Å². The molecule has 69 heavy (non-hydrogen) atoms. The van der Waals surface area contributed by atoms with Crippen molar-refractivity contribution in [2.75, 3.05) is 46.1 Å². The van der Waals surface area contributed by atoms with Crippen molar-refractivity contribution in [1.29, 1.82) is 0 Å². The Kier molecular flexibility index (Phi) is 20.9. The Labute approximate surface area is 411 Å². The molecule has 376 valence electrons. The SMILES string of the molecule is CC(=O)OC[C@@H](OC(C)=O)[C@@H](OC(C)=O)[C@H](OC(C)=O)[C@H](CNC(=O)N(CCCCc1cc(Cl)c(COC2(c3cnccc3-c3ccccc3OC3CC3)CC2)cc1Cl)CCOCCO)OC(C)=O.